The Balaban J connectivity index is 0.948. The van der Waals surface area contributed by atoms with Gasteiger partial charge in [0.25, 0.3) is 11.6 Å². The van der Waals surface area contributed by atoms with E-state index in [-0.39, 0.29) is 11.4 Å². The smallest absolute Gasteiger partial charge is 0.293 e. The topological polar surface area (TPSA) is 162 Å². The van der Waals surface area contributed by atoms with E-state index < -0.39 is 16.4 Å². The van der Waals surface area contributed by atoms with Crippen molar-refractivity contribution in [3.63, 3.8) is 0 Å². The Hall–Kier alpha value is -4.40. The Bertz CT molecular complexity index is 1950. The minimum atomic E-state index is -0.631. The van der Waals surface area contributed by atoms with Crippen molar-refractivity contribution in [2.75, 3.05) is 42.9 Å². The number of aromatic amines is 1. The van der Waals surface area contributed by atoms with Gasteiger partial charge in [-0.15, -0.1) is 0 Å². The van der Waals surface area contributed by atoms with Crippen LogP contribution in [0.15, 0.2) is 59.9 Å². The van der Waals surface area contributed by atoms with Crippen molar-refractivity contribution in [1.29, 1.82) is 0 Å². The molecule has 2 aliphatic carbocycles. The highest BCUT2D eigenvalue weighted by Gasteiger charge is 2.48. The van der Waals surface area contributed by atoms with Gasteiger partial charge in [-0.2, -0.15) is 0 Å². The number of likely N-dealkylation sites (tertiary alicyclic amines) is 1. The molecule has 4 N–H and O–H groups in total. The van der Waals surface area contributed by atoms with Crippen LogP contribution in [0.25, 0.3) is 11.0 Å². The summed E-state index contributed by atoms with van der Waals surface area (Å²) in [4.78, 5) is 43.0. The second kappa shape index (κ2) is 14.8. The number of hydrogen-bond donors (Lipinski definition) is 4. The Labute approximate surface area is 313 Å². The molecular weight excluding hydrogens is 693 g/mol. The van der Waals surface area contributed by atoms with Gasteiger partial charge < -0.3 is 29.9 Å². The third kappa shape index (κ3) is 7.95. The van der Waals surface area contributed by atoms with Crippen molar-refractivity contribution in [3.8, 4) is 11.5 Å². The monoisotopic (exact) mass is 740 g/mol. The number of nitrogens with one attached hydrogen (secondary N) is 3. The number of amides is 1. The second-order valence-electron chi connectivity index (χ2n) is 15.8. The fraction of sp³-hybridized carbons (Fsp3) is 0.513. The van der Waals surface area contributed by atoms with Crippen molar-refractivity contribution in [1.82, 2.24) is 24.6 Å². The molecule has 1 amide bonds. The van der Waals surface area contributed by atoms with Crippen molar-refractivity contribution >= 4 is 46.0 Å². The van der Waals surface area contributed by atoms with Crippen LogP contribution in [-0.2, 0) is 0 Å². The minimum Gasteiger partial charge on any atom is -0.453 e. The number of benzene rings is 1. The summed E-state index contributed by atoms with van der Waals surface area (Å²) in [5, 5.41) is 26.4. The summed E-state index contributed by atoms with van der Waals surface area (Å²) in [6.45, 7) is 6.82. The lowest BCUT2D eigenvalue weighted by atomic mass is 9.60. The third-order valence-electron chi connectivity index (χ3n) is 12.0. The number of nitro benzene ring substituents is 1. The zero-order valence-electron chi connectivity index (χ0n) is 30.2. The van der Waals surface area contributed by atoms with Crippen LogP contribution in [0.4, 0.5) is 17.1 Å². The number of pyridine rings is 2. The average molecular weight is 741 g/mol. The first-order valence-corrected chi connectivity index (χ1v) is 19.8. The second-order valence-corrected chi connectivity index (χ2v) is 16.7. The molecule has 3 aromatic heterocycles. The van der Waals surface area contributed by atoms with E-state index in [1.54, 1.807) is 24.5 Å². The standard InChI is InChI=1S/C39H48N8O5S/c1-38(49)9-6-26(7-10-38)23-41-32-5-4-31(20-33(32)47(50)51)53-44-37(48)35-34(52-30-18-27-8-13-40-36(27)43-25-30)19-28(24-42-35)46-16-11-39(12-17-46)21-29(22-39)45-14-2-3-15-45/h4-5,8,13,18-20,24-26,29,41,49H,2-3,6-7,9-12,14-17,21-23H2,1H3,(H,40,43)(H,44,48). The maximum absolute atomic E-state index is 13.7. The van der Waals surface area contributed by atoms with Crippen LogP contribution in [0.1, 0.15) is 81.6 Å². The van der Waals surface area contributed by atoms with E-state index in [2.05, 4.69) is 34.8 Å². The summed E-state index contributed by atoms with van der Waals surface area (Å²) in [5.41, 5.74) is 1.92. The lowest BCUT2D eigenvalue weighted by Crippen LogP contribution is -2.54. The van der Waals surface area contributed by atoms with E-state index >= 15 is 0 Å². The highest BCUT2D eigenvalue weighted by molar-refractivity contribution is 7.98. The number of anilines is 2. The first-order chi connectivity index (χ1) is 25.6. The summed E-state index contributed by atoms with van der Waals surface area (Å²) in [6, 6.07) is 11.3. The van der Waals surface area contributed by atoms with Crippen molar-refractivity contribution in [3.05, 3.63) is 70.8 Å². The zero-order chi connectivity index (χ0) is 36.6. The molecule has 4 aliphatic rings. The number of rotatable bonds is 11. The lowest BCUT2D eigenvalue weighted by Gasteiger charge is -2.55. The van der Waals surface area contributed by atoms with E-state index in [0.29, 0.717) is 40.0 Å². The van der Waals surface area contributed by atoms with Gasteiger partial charge in [-0.25, -0.2) is 9.97 Å². The van der Waals surface area contributed by atoms with Crippen LogP contribution in [0.2, 0.25) is 0 Å². The number of ether oxygens (including phenoxy) is 1. The molecule has 0 unspecified atom stereocenters. The maximum Gasteiger partial charge on any atom is 0.293 e. The summed E-state index contributed by atoms with van der Waals surface area (Å²) in [7, 11) is 0. The van der Waals surface area contributed by atoms with Crippen molar-refractivity contribution < 1.29 is 19.6 Å². The van der Waals surface area contributed by atoms with Crippen molar-refractivity contribution in [2.24, 2.45) is 11.3 Å². The third-order valence-corrected chi connectivity index (χ3v) is 12.8. The molecule has 5 heterocycles. The van der Waals surface area contributed by atoms with E-state index in [0.717, 1.165) is 86.3 Å². The summed E-state index contributed by atoms with van der Waals surface area (Å²) >= 11 is 0.992. The lowest BCUT2D eigenvalue weighted by molar-refractivity contribution is -0.384. The molecule has 13 nitrogen and oxygen atoms in total. The number of carbonyl (C=O) groups excluding carboxylic acids is 1. The predicted molar refractivity (Wildman–Crippen MR) is 206 cm³/mol. The zero-order valence-corrected chi connectivity index (χ0v) is 31.0. The molecule has 14 heteroatoms. The van der Waals surface area contributed by atoms with E-state index in [9.17, 15) is 20.0 Å². The molecule has 2 saturated carbocycles. The molecule has 2 saturated heterocycles. The van der Waals surface area contributed by atoms with Gasteiger partial charge in [0.1, 0.15) is 17.1 Å². The largest absolute Gasteiger partial charge is 0.453 e. The van der Waals surface area contributed by atoms with Gasteiger partial charge >= 0.3 is 0 Å². The molecule has 8 rings (SSSR count). The Morgan fingerprint density at radius 2 is 1.83 bits per heavy atom. The highest BCUT2D eigenvalue weighted by atomic mass is 32.2. The van der Waals surface area contributed by atoms with Crippen LogP contribution >= 0.6 is 11.9 Å². The molecule has 0 bridgehead atoms. The average Bonchev–Trinajstić information content (AvgIpc) is 3.85. The first kappa shape index (κ1) is 35.6. The van der Waals surface area contributed by atoms with Gasteiger partial charge in [0, 0.05) is 54.3 Å². The number of hydrogen-bond acceptors (Lipinski definition) is 11. The fourth-order valence-electron chi connectivity index (χ4n) is 8.70. The number of aromatic nitrogens is 3. The minimum absolute atomic E-state index is 0.0667. The number of fused-ring (bicyclic) bond motifs is 1. The molecule has 0 atom stereocenters. The van der Waals surface area contributed by atoms with Crippen LogP contribution < -0.4 is 19.7 Å². The number of piperidine rings is 1. The van der Waals surface area contributed by atoms with Crippen LogP contribution in [0, 0.1) is 21.4 Å². The maximum atomic E-state index is 13.7. The molecule has 2 aliphatic heterocycles. The number of H-pyrrole nitrogens is 1. The van der Waals surface area contributed by atoms with Gasteiger partial charge in [-0.05, 0) is 132 Å². The molecule has 0 radical (unpaired) electrons. The number of aliphatic hydroxyl groups is 1. The normalized spacial score (nSPS) is 23.2. The molecule has 1 spiro atoms. The van der Waals surface area contributed by atoms with Crippen LogP contribution in [-0.4, -0.2) is 80.2 Å². The number of nitrogens with zero attached hydrogens (tertiary/aromatic N) is 5. The van der Waals surface area contributed by atoms with Gasteiger partial charge in [-0.3, -0.25) is 19.6 Å². The van der Waals surface area contributed by atoms with Gasteiger partial charge in [-0.1, -0.05) is 0 Å². The van der Waals surface area contributed by atoms with Gasteiger partial charge in [0.15, 0.2) is 11.4 Å². The Morgan fingerprint density at radius 1 is 1.06 bits per heavy atom. The van der Waals surface area contributed by atoms with E-state index in [1.165, 1.54) is 44.8 Å². The SMILES string of the molecule is CC1(O)CCC(CNc2ccc(SNC(=O)c3ncc(N4CCC5(CC4)CC(N4CCCC4)C5)cc3Oc3cnc4[nH]ccc4c3)cc2[N+](=O)[O-])CC1. The Morgan fingerprint density at radius 3 is 2.58 bits per heavy atom. The molecule has 4 fully saturated rings. The molecule has 4 aromatic rings. The van der Waals surface area contributed by atoms with Crippen molar-refractivity contribution in [2.45, 2.75) is 87.7 Å². The summed E-state index contributed by atoms with van der Waals surface area (Å²) < 4.78 is 9.16. The van der Waals surface area contributed by atoms with E-state index in [1.807, 2.05) is 31.3 Å². The quantitative estimate of drug-likeness (QED) is 0.0694. The van der Waals surface area contributed by atoms with Crippen LogP contribution in [0.3, 0.4) is 0 Å². The summed E-state index contributed by atoms with van der Waals surface area (Å²) in [5.74, 6) is 0.645. The highest BCUT2D eigenvalue weighted by Crippen LogP contribution is 2.52. The van der Waals surface area contributed by atoms with Gasteiger partial charge in [0.2, 0.25) is 0 Å². The molecular formula is C39H48N8O5S. The first-order valence-electron chi connectivity index (χ1n) is 18.9. The molecule has 280 valence electrons. The Kier molecular flexibility index (Phi) is 9.94. The predicted octanol–water partition coefficient (Wildman–Crippen LogP) is 7.29. The molecule has 1 aromatic carbocycles. The fourth-order valence-corrected chi connectivity index (χ4v) is 9.31. The van der Waals surface area contributed by atoms with E-state index in [4.69, 9.17) is 4.74 Å². The van der Waals surface area contributed by atoms with Gasteiger partial charge in [0.05, 0.1) is 28.6 Å². The summed E-state index contributed by atoms with van der Waals surface area (Å²) in [6.07, 6.45) is 15.9. The van der Waals surface area contributed by atoms with Crippen LogP contribution in [0.5, 0.6) is 11.5 Å². The number of nitro groups is 1. The molecule has 53 heavy (non-hydrogen) atoms. The number of carbonyl (C=O) groups is 1.